The van der Waals surface area contributed by atoms with E-state index >= 15 is 0 Å². The fourth-order valence-corrected chi connectivity index (χ4v) is 2.39. The van der Waals surface area contributed by atoms with Gasteiger partial charge in [0.1, 0.15) is 14.5 Å². The highest BCUT2D eigenvalue weighted by Crippen LogP contribution is 2.10. The van der Waals surface area contributed by atoms with Crippen LogP contribution in [0.3, 0.4) is 0 Å². The predicted octanol–water partition coefficient (Wildman–Crippen LogP) is 3.63. The largest absolute Gasteiger partial charge is 0.309 e. The smallest absolute Gasteiger partial charge is 0.145 e. The number of nitrogens with one attached hydrogen (secondary N) is 1. The van der Waals surface area contributed by atoms with Gasteiger partial charge in [0.15, 0.2) is 0 Å². The molecule has 0 rings (SSSR count). The number of hydrogen-bond donors (Lipinski definition) is 1. The van der Waals surface area contributed by atoms with Crippen LogP contribution in [0, 0.1) is 0 Å². The minimum atomic E-state index is -1.51. The molecule has 0 saturated carbocycles. The highest BCUT2D eigenvalue weighted by atomic mass is 28.3. The molecule has 1 nitrogen and oxygen atoms in total. The molecule has 0 aromatic rings. The number of unbranched alkanes of at least 4 members (excludes halogenated alkanes) is 2. The topological polar surface area (TPSA) is 12.0 Å². The fourth-order valence-electron chi connectivity index (χ4n) is 1.19. The SMILES string of the molecule is CC[Si](C)(C)NC(F)CCCCCF. The van der Waals surface area contributed by atoms with E-state index in [1.807, 2.05) is 0 Å². The maximum Gasteiger partial charge on any atom is 0.145 e. The second-order valence-corrected chi connectivity index (χ2v) is 9.15. The van der Waals surface area contributed by atoms with Crippen LogP contribution in [0.25, 0.3) is 0 Å². The summed E-state index contributed by atoms with van der Waals surface area (Å²) in [5.74, 6) is 0. The molecular formula is C10H23F2NSi. The van der Waals surface area contributed by atoms with Gasteiger partial charge in [0.25, 0.3) is 0 Å². The van der Waals surface area contributed by atoms with Gasteiger partial charge in [-0.1, -0.05) is 26.4 Å². The summed E-state index contributed by atoms with van der Waals surface area (Å²) in [5.41, 5.74) is 0. The highest BCUT2D eigenvalue weighted by molar-refractivity contribution is 6.74. The molecule has 0 radical (unpaired) electrons. The van der Waals surface area contributed by atoms with Crippen LogP contribution in [-0.4, -0.2) is 21.2 Å². The Morgan fingerprint density at radius 2 is 1.86 bits per heavy atom. The predicted molar refractivity (Wildman–Crippen MR) is 60.4 cm³/mol. The second-order valence-electron chi connectivity index (χ2n) is 4.39. The summed E-state index contributed by atoms with van der Waals surface area (Å²) in [6.45, 7) is 6.07. The summed E-state index contributed by atoms with van der Waals surface area (Å²) in [5, 5.41) is 0. The molecule has 1 atom stereocenters. The van der Waals surface area contributed by atoms with Gasteiger partial charge in [0.2, 0.25) is 0 Å². The van der Waals surface area contributed by atoms with Crippen LogP contribution in [0.5, 0.6) is 0 Å². The quantitative estimate of drug-likeness (QED) is 0.376. The Morgan fingerprint density at radius 3 is 2.36 bits per heavy atom. The van der Waals surface area contributed by atoms with Crippen molar-refractivity contribution in [1.82, 2.24) is 4.98 Å². The van der Waals surface area contributed by atoms with E-state index in [9.17, 15) is 8.78 Å². The van der Waals surface area contributed by atoms with Gasteiger partial charge in [-0.3, -0.25) is 4.39 Å². The van der Waals surface area contributed by atoms with Gasteiger partial charge in [-0.25, -0.2) is 4.39 Å². The van der Waals surface area contributed by atoms with Crippen molar-refractivity contribution in [2.45, 2.75) is 58.0 Å². The first kappa shape index (κ1) is 14.0. The van der Waals surface area contributed by atoms with Gasteiger partial charge in [-0.05, 0) is 25.3 Å². The van der Waals surface area contributed by atoms with Crippen molar-refractivity contribution in [3.63, 3.8) is 0 Å². The molecule has 0 aliphatic carbocycles. The van der Waals surface area contributed by atoms with Crippen LogP contribution < -0.4 is 4.98 Å². The average Bonchev–Trinajstić information content (AvgIpc) is 2.12. The molecule has 0 spiro atoms. The van der Waals surface area contributed by atoms with E-state index in [2.05, 4.69) is 25.0 Å². The molecule has 0 fully saturated rings. The third-order valence-electron chi connectivity index (χ3n) is 2.52. The lowest BCUT2D eigenvalue weighted by Crippen LogP contribution is -2.48. The summed E-state index contributed by atoms with van der Waals surface area (Å²) in [7, 11) is -1.51. The summed E-state index contributed by atoms with van der Waals surface area (Å²) >= 11 is 0. The minimum Gasteiger partial charge on any atom is -0.309 e. The van der Waals surface area contributed by atoms with E-state index in [0.717, 1.165) is 18.9 Å². The molecule has 4 heteroatoms. The maximum atomic E-state index is 13.3. The Labute approximate surface area is 87.4 Å². The third-order valence-corrected chi connectivity index (χ3v) is 5.38. The molecule has 0 heterocycles. The van der Waals surface area contributed by atoms with Gasteiger partial charge < -0.3 is 4.98 Å². The van der Waals surface area contributed by atoms with Crippen molar-refractivity contribution < 1.29 is 8.78 Å². The van der Waals surface area contributed by atoms with Crippen LogP contribution in [-0.2, 0) is 0 Å². The second kappa shape index (κ2) is 7.34. The van der Waals surface area contributed by atoms with E-state index in [4.69, 9.17) is 0 Å². The lowest BCUT2D eigenvalue weighted by molar-refractivity contribution is 0.283. The molecule has 0 saturated heterocycles. The molecular weight excluding hydrogens is 200 g/mol. The molecule has 0 aromatic heterocycles. The van der Waals surface area contributed by atoms with Crippen molar-refractivity contribution in [2.24, 2.45) is 0 Å². The van der Waals surface area contributed by atoms with Crippen LogP contribution in [0.1, 0.15) is 32.6 Å². The monoisotopic (exact) mass is 223 g/mol. The fraction of sp³-hybridized carbons (Fsp3) is 1.00. The Hall–Kier alpha value is 0.0369. The first-order chi connectivity index (χ1) is 6.52. The maximum absolute atomic E-state index is 13.3. The van der Waals surface area contributed by atoms with Crippen molar-refractivity contribution in [1.29, 1.82) is 0 Å². The zero-order valence-electron chi connectivity index (χ0n) is 9.58. The molecule has 0 bridgehead atoms. The lowest BCUT2D eigenvalue weighted by atomic mass is 10.2. The van der Waals surface area contributed by atoms with Crippen molar-refractivity contribution in [2.75, 3.05) is 6.67 Å². The molecule has 86 valence electrons. The number of hydrogen-bond acceptors (Lipinski definition) is 1. The van der Waals surface area contributed by atoms with Gasteiger partial charge >= 0.3 is 0 Å². The molecule has 0 aromatic carbocycles. The Bertz CT molecular complexity index is 142. The Balaban J connectivity index is 3.49. The molecule has 0 aliphatic heterocycles. The highest BCUT2D eigenvalue weighted by Gasteiger charge is 2.21. The Morgan fingerprint density at radius 1 is 1.21 bits per heavy atom. The van der Waals surface area contributed by atoms with E-state index in [1.165, 1.54) is 0 Å². The number of rotatable bonds is 8. The summed E-state index contributed by atoms with van der Waals surface area (Å²) in [4.78, 5) is 3.06. The van der Waals surface area contributed by atoms with Gasteiger partial charge in [-0.2, -0.15) is 0 Å². The van der Waals surface area contributed by atoms with Crippen molar-refractivity contribution in [3.05, 3.63) is 0 Å². The summed E-state index contributed by atoms with van der Waals surface area (Å²) in [6, 6.07) is 1.04. The van der Waals surface area contributed by atoms with Crippen LogP contribution in [0.15, 0.2) is 0 Å². The normalized spacial score (nSPS) is 14.4. The van der Waals surface area contributed by atoms with Crippen molar-refractivity contribution in [3.8, 4) is 0 Å². The molecule has 14 heavy (non-hydrogen) atoms. The van der Waals surface area contributed by atoms with Gasteiger partial charge in [0, 0.05) is 0 Å². The molecule has 0 amide bonds. The van der Waals surface area contributed by atoms with E-state index < -0.39 is 14.5 Å². The first-order valence-corrected chi connectivity index (χ1v) is 8.70. The van der Waals surface area contributed by atoms with Gasteiger partial charge in [-0.15, -0.1) is 0 Å². The van der Waals surface area contributed by atoms with Crippen molar-refractivity contribution >= 4 is 8.24 Å². The molecule has 1 N–H and O–H groups in total. The lowest BCUT2D eigenvalue weighted by Gasteiger charge is -2.24. The zero-order valence-corrected chi connectivity index (χ0v) is 10.6. The summed E-state index contributed by atoms with van der Waals surface area (Å²) < 4.78 is 25.1. The van der Waals surface area contributed by atoms with E-state index in [1.54, 1.807) is 0 Å². The summed E-state index contributed by atoms with van der Waals surface area (Å²) in [6.07, 6.45) is 1.78. The standard InChI is InChI=1S/C10H23F2NSi/c1-4-14(2,3)13-10(12)8-6-5-7-9-11/h10,13H,4-9H2,1-3H3. The minimum absolute atomic E-state index is 0.278. The average molecular weight is 223 g/mol. The third kappa shape index (κ3) is 7.44. The zero-order chi connectivity index (χ0) is 11.0. The van der Waals surface area contributed by atoms with E-state index in [0.29, 0.717) is 12.8 Å². The molecule has 0 aliphatic rings. The van der Waals surface area contributed by atoms with E-state index in [-0.39, 0.29) is 6.67 Å². The molecule has 1 unspecified atom stereocenters. The van der Waals surface area contributed by atoms with Crippen LogP contribution in [0.4, 0.5) is 8.78 Å². The number of halogens is 2. The first-order valence-electron chi connectivity index (χ1n) is 5.49. The van der Waals surface area contributed by atoms with Crippen LogP contribution in [0.2, 0.25) is 19.1 Å². The Kier molecular flexibility index (Phi) is 7.36. The number of alkyl halides is 2. The van der Waals surface area contributed by atoms with Gasteiger partial charge in [0.05, 0.1) is 6.67 Å². The van der Waals surface area contributed by atoms with Crippen LogP contribution >= 0.6 is 0 Å².